The highest BCUT2D eigenvalue weighted by Gasteiger charge is 2.27. The maximum atomic E-state index is 12.7. The zero-order valence-corrected chi connectivity index (χ0v) is 17.7. The summed E-state index contributed by atoms with van der Waals surface area (Å²) in [6.07, 6.45) is 2.00. The van der Waals surface area contributed by atoms with Crippen LogP contribution in [-0.2, 0) is 0 Å². The van der Waals surface area contributed by atoms with Crippen LogP contribution in [0.3, 0.4) is 0 Å². The minimum absolute atomic E-state index is 0.113. The van der Waals surface area contributed by atoms with Crippen LogP contribution in [-0.4, -0.2) is 15.1 Å². The Bertz CT molecular complexity index is 1160. The Balaban J connectivity index is 1.97. The van der Waals surface area contributed by atoms with Gasteiger partial charge in [0.25, 0.3) is 5.56 Å². The van der Waals surface area contributed by atoms with Crippen molar-refractivity contribution in [1.82, 2.24) is 9.97 Å². The van der Waals surface area contributed by atoms with Gasteiger partial charge in [-0.15, -0.1) is 0 Å². The molecular formula is C19H13Br2N3O2S. The van der Waals surface area contributed by atoms with E-state index in [0.717, 1.165) is 16.8 Å². The molecular weight excluding hydrogens is 494 g/mol. The second kappa shape index (κ2) is 7.10. The highest BCUT2D eigenvalue weighted by molar-refractivity contribution is 9.11. The van der Waals surface area contributed by atoms with Gasteiger partial charge in [-0.05, 0) is 73.4 Å². The van der Waals surface area contributed by atoms with E-state index >= 15 is 0 Å². The first kappa shape index (κ1) is 18.2. The Labute approximate surface area is 176 Å². The van der Waals surface area contributed by atoms with Crippen molar-refractivity contribution in [2.45, 2.75) is 5.92 Å². The number of fused-ring (bicyclic) bond motifs is 1. The molecule has 2 heterocycles. The highest BCUT2D eigenvalue weighted by Crippen LogP contribution is 2.41. The van der Waals surface area contributed by atoms with Gasteiger partial charge in [-0.3, -0.25) is 9.78 Å². The number of phenolic OH excluding ortho intramolecular Hbond substituents is 1. The van der Waals surface area contributed by atoms with Crippen molar-refractivity contribution in [1.29, 1.82) is 0 Å². The molecule has 4 N–H and O–H groups in total. The second-order valence-electron chi connectivity index (χ2n) is 6.08. The molecule has 27 heavy (non-hydrogen) atoms. The molecule has 1 unspecified atom stereocenters. The molecule has 0 bridgehead atoms. The van der Waals surface area contributed by atoms with Gasteiger partial charge in [-0.1, -0.05) is 30.3 Å². The van der Waals surface area contributed by atoms with Gasteiger partial charge in [0.1, 0.15) is 11.6 Å². The van der Waals surface area contributed by atoms with E-state index in [2.05, 4.69) is 47.1 Å². The smallest absolute Gasteiger partial charge is 0.257 e. The third-order valence-electron chi connectivity index (χ3n) is 4.37. The number of anilines is 1. The van der Waals surface area contributed by atoms with Crippen molar-refractivity contribution in [3.8, 4) is 5.75 Å². The largest absolute Gasteiger partial charge is 0.506 e. The average molecular weight is 507 g/mol. The molecule has 0 spiro atoms. The Hall–Kier alpha value is -2.16. The number of H-pyrrole nitrogens is 2. The average Bonchev–Trinajstić information content (AvgIpc) is 2.65. The van der Waals surface area contributed by atoms with Gasteiger partial charge < -0.3 is 15.4 Å². The van der Waals surface area contributed by atoms with Crippen LogP contribution in [0.25, 0.3) is 5.70 Å². The molecule has 1 aliphatic heterocycles. The lowest BCUT2D eigenvalue weighted by atomic mass is 9.88. The molecule has 0 saturated heterocycles. The second-order valence-corrected chi connectivity index (χ2v) is 8.20. The lowest BCUT2D eigenvalue weighted by Gasteiger charge is -2.26. The van der Waals surface area contributed by atoms with E-state index < -0.39 is 0 Å². The van der Waals surface area contributed by atoms with Crippen LogP contribution in [0.2, 0.25) is 0 Å². The Kier molecular flexibility index (Phi) is 4.79. The SMILES string of the molecule is O=c1[nH]c(=S)[nH]c2c1C(c1cc(Br)c(O)c(Br)c1)C=C(c1ccccc1)N2. The molecule has 1 atom stereocenters. The molecule has 4 rings (SSSR count). The number of benzene rings is 2. The van der Waals surface area contributed by atoms with Crippen LogP contribution >= 0.6 is 44.1 Å². The van der Waals surface area contributed by atoms with Gasteiger partial charge in [0.05, 0.1) is 14.5 Å². The first-order valence-electron chi connectivity index (χ1n) is 8.02. The molecule has 136 valence electrons. The van der Waals surface area contributed by atoms with Crippen molar-refractivity contribution in [2.24, 2.45) is 0 Å². The molecule has 2 aromatic carbocycles. The van der Waals surface area contributed by atoms with E-state index in [1.54, 1.807) is 12.1 Å². The molecule has 0 radical (unpaired) electrons. The van der Waals surface area contributed by atoms with E-state index in [0.29, 0.717) is 20.3 Å². The van der Waals surface area contributed by atoms with Crippen LogP contribution in [0.15, 0.2) is 62.3 Å². The van der Waals surface area contributed by atoms with Gasteiger partial charge in [-0.25, -0.2) is 0 Å². The fraction of sp³-hybridized carbons (Fsp3) is 0.0526. The lowest BCUT2D eigenvalue weighted by molar-refractivity contribution is 0.468. The molecule has 0 aliphatic carbocycles. The summed E-state index contributed by atoms with van der Waals surface area (Å²) >= 11 is 11.9. The van der Waals surface area contributed by atoms with Crippen molar-refractivity contribution in [3.63, 3.8) is 0 Å². The van der Waals surface area contributed by atoms with E-state index in [-0.39, 0.29) is 22.0 Å². The topological polar surface area (TPSA) is 80.9 Å². The number of aromatic amines is 2. The summed E-state index contributed by atoms with van der Waals surface area (Å²) in [6.45, 7) is 0. The third kappa shape index (κ3) is 3.40. The first-order chi connectivity index (χ1) is 12.9. The van der Waals surface area contributed by atoms with Crippen molar-refractivity contribution in [3.05, 3.63) is 89.3 Å². The summed E-state index contributed by atoms with van der Waals surface area (Å²) in [4.78, 5) is 18.4. The molecule has 0 fully saturated rings. The monoisotopic (exact) mass is 505 g/mol. The minimum atomic E-state index is -0.333. The van der Waals surface area contributed by atoms with Gasteiger partial charge in [0, 0.05) is 11.6 Å². The first-order valence-corrected chi connectivity index (χ1v) is 10.0. The van der Waals surface area contributed by atoms with Gasteiger partial charge in [0.15, 0.2) is 4.77 Å². The predicted molar refractivity (Wildman–Crippen MR) is 116 cm³/mol. The Morgan fingerprint density at radius 1 is 1.04 bits per heavy atom. The van der Waals surface area contributed by atoms with Crippen LogP contribution in [0.1, 0.15) is 22.6 Å². The number of halogens is 2. The number of aromatic nitrogens is 2. The Morgan fingerprint density at radius 2 is 1.70 bits per heavy atom. The summed E-state index contributed by atoms with van der Waals surface area (Å²) in [5.74, 6) is 0.345. The third-order valence-corrected chi connectivity index (χ3v) is 5.78. The minimum Gasteiger partial charge on any atom is -0.506 e. The molecule has 5 nitrogen and oxygen atoms in total. The summed E-state index contributed by atoms with van der Waals surface area (Å²) in [5, 5.41) is 13.3. The number of aromatic hydroxyl groups is 1. The maximum absolute atomic E-state index is 12.7. The standard InChI is InChI=1S/C19H13Br2N3O2S/c20-12-6-10(7-13(21)16(12)25)11-8-14(9-4-2-1-3-5-9)22-17-15(11)18(26)24-19(27)23-17/h1-8,11,25H,(H3,22,23,24,26,27). The van der Waals surface area contributed by atoms with Crippen LogP contribution in [0.5, 0.6) is 5.75 Å². The zero-order chi connectivity index (χ0) is 19.1. The normalized spacial score (nSPS) is 15.6. The van der Waals surface area contributed by atoms with E-state index in [4.69, 9.17) is 12.2 Å². The molecule has 0 saturated carbocycles. The van der Waals surface area contributed by atoms with Crippen LogP contribution < -0.4 is 10.9 Å². The Morgan fingerprint density at radius 3 is 2.37 bits per heavy atom. The number of hydrogen-bond acceptors (Lipinski definition) is 4. The van der Waals surface area contributed by atoms with Gasteiger partial charge in [-0.2, -0.15) is 0 Å². The van der Waals surface area contributed by atoms with E-state index in [1.165, 1.54) is 0 Å². The number of nitrogens with one attached hydrogen (secondary N) is 3. The van der Waals surface area contributed by atoms with Gasteiger partial charge in [0.2, 0.25) is 0 Å². The fourth-order valence-electron chi connectivity index (χ4n) is 3.13. The lowest BCUT2D eigenvalue weighted by Crippen LogP contribution is -2.24. The van der Waals surface area contributed by atoms with Crippen molar-refractivity contribution < 1.29 is 5.11 Å². The summed E-state index contributed by atoms with van der Waals surface area (Å²) in [7, 11) is 0. The summed E-state index contributed by atoms with van der Waals surface area (Å²) < 4.78 is 1.34. The van der Waals surface area contributed by atoms with Crippen LogP contribution in [0, 0.1) is 4.77 Å². The predicted octanol–water partition coefficient (Wildman–Crippen LogP) is 5.26. The van der Waals surface area contributed by atoms with Crippen molar-refractivity contribution >= 4 is 55.6 Å². The molecule has 1 aromatic heterocycles. The van der Waals surface area contributed by atoms with Gasteiger partial charge >= 0.3 is 0 Å². The number of rotatable bonds is 2. The maximum Gasteiger partial charge on any atom is 0.257 e. The highest BCUT2D eigenvalue weighted by atomic mass is 79.9. The number of allylic oxidation sites excluding steroid dienone is 1. The number of phenols is 1. The molecule has 1 aliphatic rings. The summed E-state index contributed by atoms with van der Waals surface area (Å²) in [5.41, 5.74) is 2.98. The zero-order valence-electron chi connectivity index (χ0n) is 13.7. The summed E-state index contributed by atoms with van der Waals surface area (Å²) in [6, 6.07) is 13.5. The quantitative estimate of drug-likeness (QED) is 0.357. The van der Waals surface area contributed by atoms with E-state index in [9.17, 15) is 9.90 Å². The molecule has 8 heteroatoms. The fourth-order valence-corrected chi connectivity index (χ4v) is 4.55. The molecule has 3 aromatic rings. The van der Waals surface area contributed by atoms with E-state index in [1.807, 2.05) is 36.4 Å². The number of hydrogen-bond donors (Lipinski definition) is 4. The van der Waals surface area contributed by atoms with Crippen molar-refractivity contribution in [2.75, 3.05) is 5.32 Å². The van der Waals surface area contributed by atoms with Crippen LogP contribution in [0.4, 0.5) is 5.82 Å². The molecule has 0 amide bonds.